The summed E-state index contributed by atoms with van der Waals surface area (Å²) >= 11 is 0. The fourth-order valence-electron chi connectivity index (χ4n) is 11.3. The maximum Gasteiger partial charge on any atom is 0.306 e. The van der Waals surface area contributed by atoms with E-state index in [0.29, 0.717) is 55.3 Å². The van der Waals surface area contributed by atoms with E-state index in [2.05, 4.69) is 19.1 Å². The van der Waals surface area contributed by atoms with E-state index >= 15 is 0 Å². The highest BCUT2D eigenvalue weighted by Crippen LogP contribution is 2.60. The van der Waals surface area contributed by atoms with Crippen molar-refractivity contribution >= 4 is 17.9 Å². The Balaban J connectivity index is 1.10. The average Bonchev–Trinajstić information content (AvgIpc) is 3.57. The molecule has 2 N–H and O–H groups in total. The number of carbonyl (C=O) groups excluding carboxylic acids is 3. The molecule has 0 amide bonds. The number of ether oxygens (including phenoxy) is 3. The quantitative estimate of drug-likeness (QED) is 0.144. The highest BCUT2D eigenvalue weighted by atomic mass is 16.6. The Kier molecular flexibility index (Phi) is 17.3. The second-order valence-corrected chi connectivity index (χ2v) is 17.4. The molecule has 0 saturated heterocycles. The molecule has 3 heterocycles. The molecule has 296 valence electrons. The minimum Gasteiger partial charge on any atom is -0.462 e. The number of allylic oxidation sites excluding steroid dienone is 2. The van der Waals surface area contributed by atoms with Gasteiger partial charge in [0.2, 0.25) is 0 Å². The third kappa shape index (κ3) is 12.3. The van der Waals surface area contributed by atoms with Crippen LogP contribution in [0.3, 0.4) is 0 Å². The van der Waals surface area contributed by atoms with Crippen molar-refractivity contribution in [1.29, 1.82) is 0 Å². The van der Waals surface area contributed by atoms with Gasteiger partial charge < -0.3 is 24.4 Å². The van der Waals surface area contributed by atoms with Crippen LogP contribution in [-0.4, -0.2) is 59.6 Å². The van der Waals surface area contributed by atoms with E-state index in [1.807, 2.05) is 0 Å². The zero-order valence-electron chi connectivity index (χ0n) is 32.4. The number of aliphatic hydroxyl groups is 2. The molecule has 11 atom stereocenters. The molecule has 8 nitrogen and oxygen atoms in total. The van der Waals surface area contributed by atoms with Crippen molar-refractivity contribution in [1.82, 2.24) is 0 Å². The number of fused-ring (bicyclic) bond motifs is 1. The highest BCUT2D eigenvalue weighted by Gasteiger charge is 2.58. The lowest BCUT2D eigenvalue weighted by Crippen LogP contribution is -2.55. The summed E-state index contributed by atoms with van der Waals surface area (Å²) in [5, 5.41) is 23.3. The second kappa shape index (κ2) is 21.8. The molecule has 4 saturated carbocycles. The summed E-state index contributed by atoms with van der Waals surface area (Å²) in [5.41, 5.74) is 0. The molecule has 4 fully saturated rings. The predicted octanol–water partition coefficient (Wildman–Crippen LogP) is 9.03. The first-order valence-electron chi connectivity index (χ1n) is 21.8. The molecule has 0 spiro atoms. The van der Waals surface area contributed by atoms with E-state index in [-0.39, 0.29) is 67.2 Å². The number of hydrogen-bond acceptors (Lipinski definition) is 8. The fourth-order valence-corrected chi connectivity index (χ4v) is 11.3. The Morgan fingerprint density at radius 3 is 1.71 bits per heavy atom. The van der Waals surface area contributed by atoms with Crippen LogP contribution in [0.15, 0.2) is 12.2 Å². The maximum atomic E-state index is 12.8. The molecule has 3 aliphatic heterocycles. The first kappa shape index (κ1) is 41.2. The number of carbonyl (C=O) groups is 3. The molecule has 0 radical (unpaired) electrons. The van der Waals surface area contributed by atoms with Gasteiger partial charge in [0, 0.05) is 19.3 Å². The minimum atomic E-state index is -0.382. The molecule has 1 unspecified atom stereocenters. The molecule has 7 rings (SSSR count). The first-order chi connectivity index (χ1) is 25.3. The van der Waals surface area contributed by atoms with Crippen LogP contribution >= 0.6 is 0 Å². The van der Waals surface area contributed by atoms with Gasteiger partial charge in [-0.15, -0.1) is 0 Å². The number of rotatable bonds is 0. The molecule has 0 aromatic rings. The van der Waals surface area contributed by atoms with E-state index < -0.39 is 0 Å². The van der Waals surface area contributed by atoms with Crippen LogP contribution in [0, 0.1) is 47.3 Å². The molecule has 4 aliphatic carbocycles. The number of aliphatic hydroxyl groups excluding tert-OH is 2. The van der Waals surface area contributed by atoms with Gasteiger partial charge in [-0.3, -0.25) is 14.4 Å². The smallest absolute Gasteiger partial charge is 0.306 e. The topological polar surface area (TPSA) is 119 Å². The zero-order valence-corrected chi connectivity index (χ0v) is 32.4. The Morgan fingerprint density at radius 1 is 0.519 bits per heavy atom. The molecule has 52 heavy (non-hydrogen) atoms. The van der Waals surface area contributed by atoms with E-state index in [1.165, 1.54) is 44.9 Å². The van der Waals surface area contributed by atoms with Crippen molar-refractivity contribution in [3.8, 4) is 0 Å². The predicted molar refractivity (Wildman–Crippen MR) is 202 cm³/mol. The van der Waals surface area contributed by atoms with Gasteiger partial charge in [-0.2, -0.15) is 0 Å². The van der Waals surface area contributed by atoms with Gasteiger partial charge in [-0.1, -0.05) is 70.4 Å². The monoisotopic (exact) mass is 729 g/mol. The summed E-state index contributed by atoms with van der Waals surface area (Å²) in [4.78, 5) is 37.5. The highest BCUT2D eigenvalue weighted by molar-refractivity contribution is 5.70. The van der Waals surface area contributed by atoms with E-state index in [0.717, 1.165) is 89.9 Å². The summed E-state index contributed by atoms with van der Waals surface area (Å²) in [6.45, 7) is 2.39. The number of esters is 3. The molecular formula is C44H72O8. The first-order valence-corrected chi connectivity index (χ1v) is 21.8. The van der Waals surface area contributed by atoms with Crippen molar-refractivity contribution in [2.75, 3.05) is 13.2 Å². The van der Waals surface area contributed by atoms with Crippen LogP contribution in [0.2, 0.25) is 0 Å². The molecular weight excluding hydrogens is 656 g/mol. The molecule has 8 heteroatoms. The summed E-state index contributed by atoms with van der Waals surface area (Å²) in [6, 6.07) is 0. The zero-order chi connectivity index (χ0) is 36.7. The van der Waals surface area contributed by atoms with E-state index in [4.69, 9.17) is 14.2 Å². The Labute approximate surface area is 314 Å². The lowest BCUT2D eigenvalue weighted by atomic mass is 9.51. The average molecular weight is 729 g/mol. The van der Waals surface area contributed by atoms with Crippen molar-refractivity contribution in [3.05, 3.63) is 12.2 Å². The third-order valence-electron chi connectivity index (χ3n) is 13.9. The Bertz CT molecular complexity index is 1120. The summed E-state index contributed by atoms with van der Waals surface area (Å²) < 4.78 is 16.7. The lowest BCUT2D eigenvalue weighted by Gasteiger charge is -2.56. The van der Waals surface area contributed by atoms with Gasteiger partial charge in [0.15, 0.2) is 0 Å². The number of hydrogen-bond donors (Lipinski definition) is 2. The van der Waals surface area contributed by atoms with Crippen LogP contribution in [0.1, 0.15) is 167 Å². The van der Waals surface area contributed by atoms with Crippen molar-refractivity contribution in [3.63, 3.8) is 0 Å². The second-order valence-electron chi connectivity index (χ2n) is 17.4. The van der Waals surface area contributed by atoms with Crippen LogP contribution in [-0.2, 0) is 28.6 Å². The molecule has 0 aromatic heterocycles. The van der Waals surface area contributed by atoms with Gasteiger partial charge in [0.25, 0.3) is 0 Å². The minimum absolute atomic E-state index is 0.0453. The normalized spacial score (nSPS) is 39.2. The van der Waals surface area contributed by atoms with Gasteiger partial charge >= 0.3 is 17.9 Å². The summed E-state index contributed by atoms with van der Waals surface area (Å²) in [7, 11) is 0. The Hall–Kier alpha value is -1.93. The van der Waals surface area contributed by atoms with Crippen molar-refractivity contribution in [2.45, 2.75) is 186 Å². The van der Waals surface area contributed by atoms with Gasteiger partial charge in [0.05, 0.1) is 12.2 Å². The van der Waals surface area contributed by atoms with E-state index in [1.54, 1.807) is 0 Å². The van der Waals surface area contributed by atoms with Crippen molar-refractivity contribution in [2.24, 2.45) is 47.3 Å². The van der Waals surface area contributed by atoms with Crippen LogP contribution in [0.5, 0.6) is 0 Å². The molecule has 0 aromatic carbocycles. The Morgan fingerprint density at radius 2 is 1.04 bits per heavy atom. The third-order valence-corrected chi connectivity index (χ3v) is 13.9. The van der Waals surface area contributed by atoms with Crippen molar-refractivity contribution < 1.29 is 38.8 Å². The van der Waals surface area contributed by atoms with Gasteiger partial charge in [0.1, 0.15) is 19.3 Å². The van der Waals surface area contributed by atoms with E-state index in [9.17, 15) is 24.6 Å². The van der Waals surface area contributed by atoms with Crippen LogP contribution in [0.25, 0.3) is 0 Å². The lowest BCUT2D eigenvalue weighted by molar-refractivity contribution is -0.163. The largest absolute Gasteiger partial charge is 0.462 e. The molecule has 7 aliphatic rings. The standard InChI is InChI=1S/C44H72O8/c1-31-20-25-41(48)51-27-26-50-40(47)18-16-14-12-10-8-6-4-2-3-5-7-9-11-13-15-17-19-42(49)52-33-21-22-35-32(28-33)29-38(45)44-36-24-23-34(31)43(36)39(46)30-37(35)44/h2-3,31-39,43-46H,4-30H2,1H3/t31?,32-,33+,34+,35-,36+,37+,38+,39-,43+,44-/m0/s1. The summed E-state index contributed by atoms with van der Waals surface area (Å²) in [6.07, 6.45) is 27.9. The summed E-state index contributed by atoms with van der Waals surface area (Å²) in [5.74, 6) is 1.91. The van der Waals surface area contributed by atoms with Gasteiger partial charge in [-0.25, -0.2) is 0 Å². The maximum absolute atomic E-state index is 12.8. The fraction of sp³-hybridized carbons (Fsp3) is 0.886. The van der Waals surface area contributed by atoms with Crippen LogP contribution in [0.4, 0.5) is 0 Å². The molecule has 8 bridgehead atoms. The van der Waals surface area contributed by atoms with Crippen LogP contribution < -0.4 is 0 Å². The van der Waals surface area contributed by atoms with Gasteiger partial charge in [-0.05, 0) is 137 Å². The SMILES string of the molecule is CC1CCC(=O)OCCOC(=O)CCCCCCCCC=CCCCCCCCCC(=O)O[C@@H]2CC[C@H]3[C@@H](C2)C[C@@H](O)[C@@H]2[C@@H]3C[C@H](O)[C@H]3[C@H]2CC[C@H]13.